The molecule has 0 saturated carbocycles. The van der Waals surface area contributed by atoms with Crippen LogP contribution in [0, 0.1) is 12.7 Å². The fourth-order valence-corrected chi connectivity index (χ4v) is 1.53. The molecule has 0 aliphatic carbocycles. The van der Waals surface area contributed by atoms with E-state index >= 15 is 0 Å². The number of aliphatic hydroxyl groups is 1. The van der Waals surface area contributed by atoms with Crippen molar-refractivity contribution < 1.29 is 14.6 Å². The summed E-state index contributed by atoms with van der Waals surface area (Å²) in [7, 11) is 0. The van der Waals surface area contributed by atoms with Gasteiger partial charge in [-0.1, -0.05) is 0 Å². The van der Waals surface area contributed by atoms with Crippen molar-refractivity contribution in [3.8, 4) is 5.75 Å². The van der Waals surface area contributed by atoms with E-state index in [4.69, 9.17) is 5.11 Å². The maximum absolute atomic E-state index is 13.1. The molecule has 0 fully saturated rings. The summed E-state index contributed by atoms with van der Waals surface area (Å²) in [5.74, 6) is -0.793. The second-order valence-corrected chi connectivity index (χ2v) is 3.33. The Morgan fingerprint density at radius 1 is 1.58 bits per heavy atom. The zero-order valence-electron chi connectivity index (χ0n) is 6.43. The maximum atomic E-state index is 13.1. The van der Waals surface area contributed by atoms with Crippen molar-refractivity contribution in [1.29, 1.82) is 0 Å². The van der Waals surface area contributed by atoms with Gasteiger partial charge in [0, 0.05) is 0 Å². The summed E-state index contributed by atoms with van der Waals surface area (Å²) < 4.78 is 13.5. The van der Waals surface area contributed by atoms with Gasteiger partial charge in [-0.05, 0) is 34.5 Å². The van der Waals surface area contributed by atoms with E-state index in [0.29, 0.717) is 10.0 Å². The molecule has 1 aromatic rings. The predicted molar refractivity (Wildman–Crippen MR) is 46.4 cm³/mol. The number of phenols is 1. The Bertz CT molecular complexity index is 286. The largest absolute Gasteiger partial charge is 0.506 e. The lowest BCUT2D eigenvalue weighted by Gasteiger charge is -2.07. The summed E-state index contributed by atoms with van der Waals surface area (Å²) in [5.41, 5.74) is 0.325. The van der Waals surface area contributed by atoms with Crippen molar-refractivity contribution in [2.75, 3.05) is 0 Å². The molecule has 66 valence electrons. The molecule has 2 nitrogen and oxygen atoms in total. The Hall–Kier alpha value is -0.610. The molecule has 2 N–H and O–H groups in total. The SMILES string of the molecule is Cc1cc(Br)c(O)c(CO)c1F. The lowest BCUT2D eigenvalue weighted by atomic mass is 10.1. The van der Waals surface area contributed by atoms with Crippen molar-refractivity contribution in [3.63, 3.8) is 0 Å². The van der Waals surface area contributed by atoms with E-state index in [2.05, 4.69) is 15.9 Å². The molecule has 0 bridgehead atoms. The molecular weight excluding hydrogens is 227 g/mol. The highest BCUT2D eigenvalue weighted by Crippen LogP contribution is 2.31. The fraction of sp³-hybridized carbons (Fsp3) is 0.250. The first-order chi connectivity index (χ1) is 5.57. The molecule has 0 radical (unpaired) electrons. The fourth-order valence-electron chi connectivity index (χ4n) is 0.952. The second-order valence-electron chi connectivity index (χ2n) is 2.47. The van der Waals surface area contributed by atoms with E-state index in [9.17, 15) is 9.50 Å². The summed E-state index contributed by atoms with van der Waals surface area (Å²) in [4.78, 5) is 0. The molecule has 0 heterocycles. The minimum atomic E-state index is -0.557. The smallest absolute Gasteiger partial charge is 0.138 e. The van der Waals surface area contributed by atoms with E-state index in [1.807, 2.05) is 0 Å². The average molecular weight is 235 g/mol. The highest BCUT2D eigenvalue weighted by molar-refractivity contribution is 9.10. The number of hydrogen-bond acceptors (Lipinski definition) is 2. The van der Waals surface area contributed by atoms with Gasteiger partial charge in [-0.25, -0.2) is 4.39 Å². The molecule has 0 aliphatic rings. The second kappa shape index (κ2) is 3.41. The third-order valence-electron chi connectivity index (χ3n) is 1.62. The van der Waals surface area contributed by atoms with Gasteiger partial charge in [0.05, 0.1) is 16.6 Å². The molecular formula is C8H8BrFO2. The summed E-state index contributed by atoms with van der Waals surface area (Å²) >= 11 is 3.04. The molecule has 1 aromatic carbocycles. The van der Waals surface area contributed by atoms with Gasteiger partial charge >= 0.3 is 0 Å². The van der Waals surface area contributed by atoms with Gasteiger partial charge in [0.15, 0.2) is 0 Å². The maximum Gasteiger partial charge on any atom is 0.138 e. The lowest BCUT2D eigenvalue weighted by molar-refractivity contribution is 0.268. The molecule has 0 aromatic heterocycles. The van der Waals surface area contributed by atoms with Crippen LogP contribution in [0.2, 0.25) is 0 Å². The van der Waals surface area contributed by atoms with Crippen molar-refractivity contribution in [1.82, 2.24) is 0 Å². The van der Waals surface area contributed by atoms with Crippen LogP contribution in [0.3, 0.4) is 0 Å². The first-order valence-corrected chi connectivity index (χ1v) is 4.14. The van der Waals surface area contributed by atoms with Crippen molar-refractivity contribution in [3.05, 3.63) is 27.5 Å². The standard InChI is InChI=1S/C8H8BrFO2/c1-4-2-6(9)8(12)5(3-11)7(4)10/h2,11-12H,3H2,1H3. The van der Waals surface area contributed by atoms with Crippen LogP contribution >= 0.6 is 15.9 Å². The number of rotatable bonds is 1. The van der Waals surface area contributed by atoms with Crippen LogP contribution in [0.25, 0.3) is 0 Å². The topological polar surface area (TPSA) is 40.5 Å². The van der Waals surface area contributed by atoms with E-state index in [1.54, 1.807) is 6.92 Å². The van der Waals surface area contributed by atoms with Gasteiger partial charge in [0.2, 0.25) is 0 Å². The predicted octanol–water partition coefficient (Wildman–Crippen LogP) is 2.09. The molecule has 0 saturated heterocycles. The molecule has 4 heteroatoms. The van der Waals surface area contributed by atoms with Crippen LogP contribution in [0.4, 0.5) is 4.39 Å². The molecule has 1 rings (SSSR count). The molecule has 12 heavy (non-hydrogen) atoms. The number of aryl methyl sites for hydroxylation is 1. The molecule has 0 aliphatic heterocycles. The number of aromatic hydroxyl groups is 1. The third kappa shape index (κ3) is 1.44. The number of hydrogen-bond donors (Lipinski definition) is 2. The van der Waals surface area contributed by atoms with Crippen LogP contribution in [0.15, 0.2) is 10.5 Å². The van der Waals surface area contributed by atoms with E-state index in [0.717, 1.165) is 0 Å². The van der Waals surface area contributed by atoms with Gasteiger partial charge in [-0.2, -0.15) is 0 Å². The Morgan fingerprint density at radius 2 is 2.17 bits per heavy atom. The zero-order valence-corrected chi connectivity index (χ0v) is 8.02. The van der Waals surface area contributed by atoms with Crippen LogP contribution < -0.4 is 0 Å². The Kier molecular flexibility index (Phi) is 2.69. The summed E-state index contributed by atoms with van der Waals surface area (Å²) in [6.07, 6.45) is 0. The summed E-state index contributed by atoms with van der Waals surface area (Å²) in [6, 6.07) is 1.46. The van der Waals surface area contributed by atoms with Gasteiger partial charge < -0.3 is 10.2 Å². The van der Waals surface area contributed by atoms with E-state index in [1.165, 1.54) is 6.07 Å². The summed E-state index contributed by atoms with van der Waals surface area (Å²) in [5, 5.41) is 18.0. The van der Waals surface area contributed by atoms with Gasteiger partial charge in [-0.3, -0.25) is 0 Å². The van der Waals surface area contributed by atoms with Crippen molar-refractivity contribution in [2.45, 2.75) is 13.5 Å². The van der Waals surface area contributed by atoms with Crippen LogP contribution in [-0.4, -0.2) is 10.2 Å². The number of aliphatic hydroxyl groups excluding tert-OH is 1. The Labute approximate surface area is 77.8 Å². The van der Waals surface area contributed by atoms with Crippen molar-refractivity contribution in [2.24, 2.45) is 0 Å². The number of benzene rings is 1. The lowest BCUT2D eigenvalue weighted by Crippen LogP contribution is -1.94. The average Bonchev–Trinajstić information content (AvgIpc) is 2.02. The first-order valence-electron chi connectivity index (χ1n) is 3.35. The molecule has 0 atom stereocenters. The van der Waals surface area contributed by atoms with Gasteiger partial charge in [-0.15, -0.1) is 0 Å². The minimum absolute atomic E-state index is 0.0677. The highest BCUT2D eigenvalue weighted by atomic mass is 79.9. The van der Waals surface area contributed by atoms with Crippen LogP contribution in [0.5, 0.6) is 5.75 Å². The van der Waals surface area contributed by atoms with Crippen LogP contribution in [0.1, 0.15) is 11.1 Å². The molecule has 0 amide bonds. The first kappa shape index (κ1) is 9.48. The summed E-state index contributed by atoms with van der Waals surface area (Å²) in [6.45, 7) is 1.07. The monoisotopic (exact) mass is 234 g/mol. The van der Waals surface area contributed by atoms with Crippen molar-refractivity contribution >= 4 is 15.9 Å². The Balaban J connectivity index is 3.42. The van der Waals surface area contributed by atoms with Crippen LogP contribution in [-0.2, 0) is 6.61 Å². The highest BCUT2D eigenvalue weighted by Gasteiger charge is 2.12. The van der Waals surface area contributed by atoms with E-state index in [-0.39, 0.29) is 11.3 Å². The Morgan fingerprint density at radius 3 is 2.67 bits per heavy atom. The molecule has 0 spiro atoms. The normalized spacial score (nSPS) is 10.3. The zero-order chi connectivity index (χ0) is 9.30. The minimum Gasteiger partial charge on any atom is -0.506 e. The van der Waals surface area contributed by atoms with E-state index < -0.39 is 12.4 Å². The third-order valence-corrected chi connectivity index (χ3v) is 2.23. The molecule has 0 unspecified atom stereocenters. The van der Waals surface area contributed by atoms with Gasteiger partial charge in [0.25, 0.3) is 0 Å². The number of halogens is 2. The quantitative estimate of drug-likeness (QED) is 0.782. The van der Waals surface area contributed by atoms with Gasteiger partial charge in [0.1, 0.15) is 11.6 Å².